The summed E-state index contributed by atoms with van der Waals surface area (Å²) in [6, 6.07) is 6.49. The lowest BCUT2D eigenvalue weighted by Crippen LogP contribution is -2.26. The average molecular weight is 216 g/mol. The number of hydrogen-bond acceptors (Lipinski definition) is 1. The number of methoxy groups -OCH3 is 1. The first-order chi connectivity index (χ1) is 7.69. The lowest BCUT2D eigenvalue weighted by molar-refractivity contribution is 0.386. The third-order valence-corrected chi connectivity index (χ3v) is 3.74. The largest absolute Gasteiger partial charge is 0.497 e. The van der Waals surface area contributed by atoms with Gasteiger partial charge in [-0.3, -0.25) is 0 Å². The Bertz CT molecular complexity index is 394. The van der Waals surface area contributed by atoms with E-state index in [0.717, 1.165) is 12.2 Å². The van der Waals surface area contributed by atoms with Gasteiger partial charge in [0.15, 0.2) is 0 Å². The molecule has 0 amide bonds. The molecule has 1 atom stereocenters. The summed E-state index contributed by atoms with van der Waals surface area (Å²) >= 11 is 0. The number of ether oxygens (including phenoxy) is 1. The number of rotatable bonds is 3. The van der Waals surface area contributed by atoms with E-state index in [0.29, 0.717) is 0 Å². The first kappa shape index (κ1) is 11.3. The number of allylic oxidation sites excluding steroid dienone is 1. The summed E-state index contributed by atoms with van der Waals surface area (Å²) in [4.78, 5) is 0. The molecule has 1 aliphatic rings. The molecular formula is C15H20O. The quantitative estimate of drug-likeness (QED) is 0.697. The van der Waals surface area contributed by atoms with E-state index in [1.165, 1.54) is 30.4 Å². The topological polar surface area (TPSA) is 9.23 Å². The monoisotopic (exact) mass is 216 g/mol. The van der Waals surface area contributed by atoms with E-state index >= 15 is 0 Å². The molecular weight excluding hydrogens is 196 g/mol. The fourth-order valence-corrected chi connectivity index (χ4v) is 2.80. The molecule has 0 heterocycles. The van der Waals surface area contributed by atoms with Crippen LogP contribution < -0.4 is 4.74 Å². The summed E-state index contributed by atoms with van der Waals surface area (Å²) in [5.74, 6) is 0.968. The van der Waals surface area contributed by atoms with Gasteiger partial charge in [-0.05, 0) is 54.4 Å². The molecule has 0 radical (unpaired) electrons. The molecule has 16 heavy (non-hydrogen) atoms. The second kappa shape index (κ2) is 4.32. The van der Waals surface area contributed by atoms with Crippen LogP contribution in [0.2, 0.25) is 0 Å². The molecule has 1 aromatic carbocycles. The van der Waals surface area contributed by atoms with Gasteiger partial charge in [0.05, 0.1) is 7.11 Å². The van der Waals surface area contributed by atoms with Crippen molar-refractivity contribution < 1.29 is 4.74 Å². The van der Waals surface area contributed by atoms with Crippen LogP contribution in [0.1, 0.15) is 37.3 Å². The third kappa shape index (κ3) is 1.87. The fraction of sp³-hybridized carbons (Fsp3) is 0.467. The molecule has 86 valence electrons. The van der Waals surface area contributed by atoms with E-state index in [1.807, 2.05) is 6.08 Å². The van der Waals surface area contributed by atoms with Gasteiger partial charge in [0.1, 0.15) is 5.75 Å². The predicted octanol–water partition coefficient (Wildman–Crippen LogP) is 3.87. The minimum Gasteiger partial charge on any atom is -0.497 e. The Labute approximate surface area is 98.1 Å². The molecule has 1 heteroatoms. The van der Waals surface area contributed by atoms with Crippen LogP contribution in [0.5, 0.6) is 5.75 Å². The van der Waals surface area contributed by atoms with E-state index < -0.39 is 0 Å². The standard InChI is InChI=1S/C15H20O/c1-4-9-15(2)10-5-6-12-7-8-13(16-3)11-14(12)15/h4,7-8,11H,1,5-6,9-10H2,2-3H3. The molecule has 1 nitrogen and oxygen atoms in total. The Hall–Kier alpha value is -1.24. The molecule has 0 N–H and O–H groups in total. The van der Waals surface area contributed by atoms with Crippen LogP contribution in [-0.2, 0) is 11.8 Å². The summed E-state index contributed by atoms with van der Waals surface area (Å²) in [6.07, 6.45) is 6.82. The van der Waals surface area contributed by atoms with Gasteiger partial charge in [0, 0.05) is 0 Å². The van der Waals surface area contributed by atoms with Gasteiger partial charge in [0.2, 0.25) is 0 Å². The summed E-state index contributed by atoms with van der Waals surface area (Å²) in [7, 11) is 1.73. The minimum atomic E-state index is 0.254. The molecule has 0 aromatic heterocycles. The van der Waals surface area contributed by atoms with E-state index in [-0.39, 0.29) is 5.41 Å². The van der Waals surface area contributed by atoms with Crippen molar-refractivity contribution in [3.63, 3.8) is 0 Å². The van der Waals surface area contributed by atoms with Crippen molar-refractivity contribution in [1.29, 1.82) is 0 Å². The maximum atomic E-state index is 5.33. The maximum absolute atomic E-state index is 5.33. The van der Waals surface area contributed by atoms with Gasteiger partial charge in [-0.1, -0.05) is 19.1 Å². The van der Waals surface area contributed by atoms with Crippen molar-refractivity contribution in [3.05, 3.63) is 42.0 Å². The number of hydrogen-bond donors (Lipinski definition) is 0. The van der Waals surface area contributed by atoms with E-state index in [2.05, 4.69) is 31.7 Å². The average Bonchev–Trinajstić information content (AvgIpc) is 2.29. The molecule has 1 aliphatic carbocycles. The summed E-state index contributed by atoms with van der Waals surface area (Å²) in [6.45, 7) is 6.22. The highest BCUT2D eigenvalue weighted by Gasteiger charge is 2.30. The summed E-state index contributed by atoms with van der Waals surface area (Å²) < 4.78 is 5.33. The number of aryl methyl sites for hydroxylation is 1. The zero-order chi connectivity index (χ0) is 11.6. The van der Waals surface area contributed by atoms with E-state index in [9.17, 15) is 0 Å². The zero-order valence-corrected chi connectivity index (χ0v) is 10.3. The number of benzene rings is 1. The van der Waals surface area contributed by atoms with Crippen molar-refractivity contribution in [2.45, 2.75) is 38.0 Å². The first-order valence-corrected chi connectivity index (χ1v) is 5.98. The summed E-state index contributed by atoms with van der Waals surface area (Å²) in [5, 5.41) is 0. The Morgan fingerprint density at radius 2 is 2.31 bits per heavy atom. The lowest BCUT2D eigenvalue weighted by atomic mass is 9.69. The van der Waals surface area contributed by atoms with Crippen molar-refractivity contribution in [1.82, 2.24) is 0 Å². The molecule has 0 spiro atoms. The van der Waals surface area contributed by atoms with Crippen LogP contribution in [-0.4, -0.2) is 7.11 Å². The van der Waals surface area contributed by atoms with Gasteiger partial charge >= 0.3 is 0 Å². The van der Waals surface area contributed by atoms with Gasteiger partial charge in [0.25, 0.3) is 0 Å². The molecule has 1 unspecified atom stereocenters. The molecule has 0 fully saturated rings. The molecule has 0 bridgehead atoms. The Morgan fingerprint density at radius 3 is 3.00 bits per heavy atom. The van der Waals surface area contributed by atoms with E-state index in [4.69, 9.17) is 4.74 Å². The van der Waals surface area contributed by atoms with Crippen molar-refractivity contribution in [2.75, 3.05) is 7.11 Å². The second-order valence-corrected chi connectivity index (χ2v) is 4.93. The molecule has 0 saturated carbocycles. The lowest BCUT2D eigenvalue weighted by Gasteiger charge is -2.35. The summed E-state index contributed by atoms with van der Waals surface area (Å²) in [5.41, 5.74) is 3.19. The molecule has 0 aliphatic heterocycles. The molecule has 2 rings (SSSR count). The van der Waals surface area contributed by atoms with Crippen LogP contribution in [0.15, 0.2) is 30.9 Å². The van der Waals surface area contributed by atoms with Crippen molar-refractivity contribution in [2.24, 2.45) is 0 Å². The normalized spacial score (nSPS) is 23.6. The highest BCUT2D eigenvalue weighted by Crippen LogP contribution is 2.41. The molecule has 0 saturated heterocycles. The van der Waals surface area contributed by atoms with Crippen LogP contribution in [0.4, 0.5) is 0 Å². The second-order valence-electron chi connectivity index (χ2n) is 4.93. The Morgan fingerprint density at radius 1 is 1.50 bits per heavy atom. The van der Waals surface area contributed by atoms with Crippen molar-refractivity contribution >= 4 is 0 Å². The Kier molecular flexibility index (Phi) is 3.04. The van der Waals surface area contributed by atoms with Crippen LogP contribution in [0.25, 0.3) is 0 Å². The van der Waals surface area contributed by atoms with Gasteiger partial charge in [-0.2, -0.15) is 0 Å². The SMILES string of the molecule is C=CCC1(C)CCCc2ccc(OC)cc21. The first-order valence-electron chi connectivity index (χ1n) is 5.98. The highest BCUT2D eigenvalue weighted by molar-refractivity contribution is 5.42. The van der Waals surface area contributed by atoms with Gasteiger partial charge in [-0.25, -0.2) is 0 Å². The third-order valence-electron chi connectivity index (χ3n) is 3.74. The zero-order valence-electron chi connectivity index (χ0n) is 10.3. The van der Waals surface area contributed by atoms with Gasteiger partial charge < -0.3 is 4.74 Å². The smallest absolute Gasteiger partial charge is 0.119 e. The minimum absolute atomic E-state index is 0.254. The van der Waals surface area contributed by atoms with Crippen LogP contribution in [0.3, 0.4) is 0 Å². The molecule has 1 aromatic rings. The van der Waals surface area contributed by atoms with Gasteiger partial charge in [-0.15, -0.1) is 6.58 Å². The highest BCUT2D eigenvalue weighted by atomic mass is 16.5. The Balaban J connectivity index is 2.46. The van der Waals surface area contributed by atoms with E-state index in [1.54, 1.807) is 7.11 Å². The predicted molar refractivity (Wildman–Crippen MR) is 68.1 cm³/mol. The maximum Gasteiger partial charge on any atom is 0.119 e. The van der Waals surface area contributed by atoms with Crippen molar-refractivity contribution in [3.8, 4) is 5.75 Å². The fourth-order valence-electron chi connectivity index (χ4n) is 2.80. The number of fused-ring (bicyclic) bond motifs is 1. The van der Waals surface area contributed by atoms with Crippen LogP contribution >= 0.6 is 0 Å². The van der Waals surface area contributed by atoms with Crippen LogP contribution in [0, 0.1) is 0 Å².